The molecule has 0 fully saturated rings. The first kappa shape index (κ1) is 15.1. The van der Waals surface area contributed by atoms with Gasteiger partial charge in [-0.3, -0.25) is 0 Å². The minimum atomic E-state index is -0.0410. The van der Waals surface area contributed by atoms with Gasteiger partial charge in [0, 0.05) is 11.1 Å². The number of nitriles is 3. The Labute approximate surface area is 129 Å². The lowest BCUT2D eigenvalue weighted by Gasteiger charge is -2.03. The molecular weight excluding hydrogens is 272 g/mol. The summed E-state index contributed by atoms with van der Waals surface area (Å²) in [7, 11) is 0. The number of rotatable bonds is 2. The number of nitrogen functional groups attached to an aromatic ring is 1. The summed E-state index contributed by atoms with van der Waals surface area (Å²) in [5.74, 6) is 0.306. The molecule has 0 aromatic rings. The molecule has 4 heteroatoms. The standard InChI is InChI=1S/C18H14N4/c1-11(2)13-4-3-5-14-15(7-13)16(6-12(8-19)9-20)18(22)17(14)10-21/h3-7,11H,22H2,1-2H3. The highest BCUT2D eigenvalue weighted by Gasteiger charge is 2.20. The monoisotopic (exact) mass is 286 g/mol. The summed E-state index contributed by atoms with van der Waals surface area (Å²) in [5, 5.41) is 27.3. The van der Waals surface area contributed by atoms with Gasteiger partial charge >= 0.3 is 0 Å². The average Bonchev–Trinajstić information content (AvgIpc) is 2.66. The van der Waals surface area contributed by atoms with Gasteiger partial charge in [-0.2, -0.15) is 15.8 Å². The minimum absolute atomic E-state index is 0.0410. The van der Waals surface area contributed by atoms with E-state index in [0.29, 0.717) is 22.7 Å². The smallest absolute Gasteiger partial charge is 0.130 e. The third-order valence-corrected chi connectivity index (χ3v) is 3.58. The fourth-order valence-corrected chi connectivity index (χ4v) is 2.37. The van der Waals surface area contributed by atoms with Crippen LogP contribution in [-0.4, -0.2) is 0 Å². The van der Waals surface area contributed by atoms with Gasteiger partial charge in [0.05, 0.1) is 11.3 Å². The highest BCUT2D eigenvalue weighted by Crippen LogP contribution is 2.40. The number of anilines is 1. The molecule has 22 heavy (non-hydrogen) atoms. The first-order chi connectivity index (χ1) is 10.5. The Morgan fingerprint density at radius 3 is 2.36 bits per heavy atom. The maximum Gasteiger partial charge on any atom is 0.130 e. The highest BCUT2D eigenvalue weighted by molar-refractivity contribution is 5.95. The Balaban J connectivity index is 2.88. The zero-order valence-corrected chi connectivity index (χ0v) is 12.4. The zero-order chi connectivity index (χ0) is 16.3. The van der Waals surface area contributed by atoms with E-state index in [1.807, 2.05) is 36.4 Å². The molecule has 0 atom stereocenters. The molecule has 106 valence electrons. The van der Waals surface area contributed by atoms with Crippen LogP contribution in [0.15, 0.2) is 29.8 Å². The van der Waals surface area contributed by atoms with Gasteiger partial charge in [-0.1, -0.05) is 38.1 Å². The largest absolute Gasteiger partial charge is 0.397 e. The summed E-state index contributed by atoms with van der Waals surface area (Å²) in [5.41, 5.74) is 9.87. The fourth-order valence-electron chi connectivity index (χ4n) is 2.37. The number of allylic oxidation sites excluding steroid dienone is 1. The van der Waals surface area contributed by atoms with Crippen LogP contribution in [0.2, 0.25) is 0 Å². The Kier molecular flexibility index (Phi) is 4.12. The summed E-state index contributed by atoms with van der Waals surface area (Å²) < 4.78 is 0. The molecule has 4 nitrogen and oxygen atoms in total. The molecule has 0 spiro atoms. The molecule has 0 amide bonds. The third-order valence-electron chi connectivity index (χ3n) is 3.58. The van der Waals surface area contributed by atoms with Gasteiger partial charge < -0.3 is 5.73 Å². The van der Waals surface area contributed by atoms with Crippen LogP contribution in [0.4, 0.5) is 5.69 Å². The van der Waals surface area contributed by atoms with Crippen molar-refractivity contribution in [2.75, 3.05) is 5.73 Å². The summed E-state index contributed by atoms with van der Waals surface area (Å²) >= 11 is 0. The first-order valence-corrected chi connectivity index (χ1v) is 6.80. The van der Waals surface area contributed by atoms with E-state index < -0.39 is 0 Å². The molecule has 0 radical (unpaired) electrons. The van der Waals surface area contributed by atoms with E-state index in [0.717, 1.165) is 16.7 Å². The predicted molar refractivity (Wildman–Crippen MR) is 85.5 cm³/mol. The molecule has 0 saturated carbocycles. The number of hydrogen-bond acceptors (Lipinski definition) is 4. The molecule has 0 unspecified atom stereocenters. The van der Waals surface area contributed by atoms with Crippen LogP contribution in [0, 0.1) is 34.0 Å². The molecule has 2 aliphatic carbocycles. The van der Waals surface area contributed by atoms with Crippen molar-refractivity contribution in [2.24, 2.45) is 0 Å². The molecular formula is C18H14N4. The normalized spacial score (nSPS) is 9.82. The SMILES string of the molecule is CC(C)c1cccc2c(C#N)c(N)c(C=C(C#N)C#N)c-2c1. The lowest BCUT2D eigenvalue weighted by molar-refractivity contribution is 0.869. The van der Waals surface area contributed by atoms with Crippen molar-refractivity contribution in [1.82, 2.24) is 0 Å². The van der Waals surface area contributed by atoms with Crippen molar-refractivity contribution >= 4 is 11.8 Å². The second-order valence-electron chi connectivity index (χ2n) is 5.25. The van der Waals surface area contributed by atoms with Gasteiger partial charge in [0.25, 0.3) is 0 Å². The minimum Gasteiger partial charge on any atom is -0.397 e. The second kappa shape index (κ2) is 6.00. The van der Waals surface area contributed by atoms with E-state index in [1.54, 1.807) is 0 Å². The number of fused-ring (bicyclic) bond motifs is 1. The molecule has 2 rings (SSSR count). The van der Waals surface area contributed by atoms with Gasteiger partial charge in [-0.25, -0.2) is 0 Å². The van der Waals surface area contributed by atoms with E-state index in [4.69, 9.17) is 16.3 Å². The Hall–Kier alpha value is -3.29. The van der Waals surface area contributed by atoms with Gasteiger partial charge in [0.15, 0.2) is 0 Å². The van der Waals surface area contributed by atoms with Gasteiger partial charge in [-0.15, -0.1) is 0 Å². The maximum absolute atomic E-state index is 9.36. The van der Waals surface area contributed by atoms with Gasteiger partial charge in [-0.05, 0) is 23.1 Å². The molecule has 0 saturated heterocycles. The van der Waals surface area contributed by atoms with E-state index in [2.05, 4.69) is 19.9 Å². The van der Waals surface area contributed by atoms with E-state index in [9.17, 15) is 5.26 Å². The molecule has 0 aromatic heterocycles. The van der Waals surface area contributed by atoms with Crippen LogP contribution in [0.5, 0.6) is 0 Å². The molecule has 2 aliphatic rings. The van der Waals surface area contributed by atoms with Crippen molar-refractivity contribution in [3.63, 3.8) is 0 Å². The van der Waals surface area contributed by atoms with Gasteiger partial charge in [0.1, 0.15) is 23.8 Å². The highest BCUT2D eigenvalue weighted by atomic mass is 14.6. The Morgan fingerprint density at radius 1 is 1.14 bits per heavy atom. The van der Waals surface area contributed by atoms with Crippen molar-refractivity contribution in [2.45, 2.75) is 19.8 Å². The quantitative estimate of drug-likeness (QED) is 0.849. The summed E-state index contributed by atoms with van der Waals surface area (Å²) in [6.07, 6.45) is 1.45. The summed E-state index contributed by atoms with van der Waals surface area (Å²) in [6, 6.07) is 13.5. The average molecular weight is 286 g/mol. The predicted octanol–water partition coefficient (Wildman–Crippen LogP) is 3.80. The summed E-state index contributed by atoms with van der Waals surface area (Å²) in [4.78, 5) is 0. The van der Waals surface area contributed by atoms with E-state index in [1.165, 1.54) is 6.08 Å². The molecule has 0 aromatic carbocycles. The zero-order valence-electron chi connectivity index (χ0n) is 12.4. The van der Waals surface area contributed by atoms with Crippen molar-refractivity contribution < 1.29 is 0 Å². The van der Waals surface area contributed by atoms with Crippen LogP contribution in [0.25, 0.3) is 17.2 Å². The number of hydrogen-bond donors (Lipinski definition) is 1. The van der Waals surface area contributed by atoms with Gasteiger partial charge in [0.2, 0.25) is 0 Å². The fraction of sp³-hybridized carbons (Fsp3) is 0.167. The van der Waals surface area contributed by atoms with Crippen molar-refractivity contribution in [1.29, 1.82) is 15.8 Å². The van der Waals surface area contributed by atoms with Crippen LogP contribution in [-0.2, 0) is 0 Å². The number of nitrogens with two attached hydrogens (primary N) is 1. The lowest BCUT2D eigenvalue weighted by atomic mass is 10.0. The van der Waals surface area contributed by atoms with Crippen LogP contribution in [0.3, 0.4) is 0 Å². The molecule has 2 N–H and O–H groups in total. The Bertz CT molecular complexity index is 839. The summed E-state index contributed by atoms with van der Waals surface area (Å²) in [6.45, 7) is 4.15. The van der Waals surface area contributed by atoms with E-state index in [-0.39, 0.29) is 5.57 Å². The lowest BCUT2D eigenvalue weighted by Crippen LogP contribution is -1.88. The second-order valence-corrected chi connectivity index (χ2v) is 5.25. The number of nitrogens with zero attached hydrogens (tertiary/aromatic N) is 3. The first-order valence-electron chi connectivity index (χ1n) is 6.80. The van der Waals surface area contributed by atoms with Crippen molar-refractivity contribution in [3.8, 4) is 29.3 Å². The molecule has 0 bridgehead atoms. The topological polar surface area (TPSA) is 97.4 Å². The van der Waals surface area contributed by atoms with Crippen LogP contribution < -0.4 is 5.73 Å². The maximum atomic E-state index is 9.36. The van der Waals surface area contributed by atoms with Crippen LogP contribution in [0.1, 0.15) is 36.5 Å². The third kappa shape index (κ3) is 2.49. The molecule has 0 heterocycles. The Morgan fingerprint density at radius 2 is 1.82 bits per heavy atom. The molecule has 0 aliphatic heterocycles. The van der Waals surface area contributed by atoms with Crippen molar-refractivity contribution in [3.05, 3.63) is 46.5 Å². The van der Waals surface area contributed by atoms with Crippen LogP contribution >= 0.6 is 0 Å². The van der Waals surface area contributed by atoms with E-state index >= 15 is 0 Å².